The lowest BCUT2D eigenvalue weighted by Crippen LogP contribution is -2.43. The van der Waals surface area contributed by atoms with E-state index in [4.69, 9.17) is 23.2 Å². The molecule has 0 aliphatic carbocycles. The molecule has 1 saturated heterocycles. The van der Waals surface area contributed by atoms with E-state index in [1.165, 1.54) is 12.8 Å². The summed E-state index contributed by atoms with van der Waals surface area (Å²) in [5.41, 5.74) is 1.12. The summed E-state index contributed by atoms with van der Waals surface area (Å²) in [6.45, 7) is 3.11. The molecule has 0 bridgehead atoms. The van der Waals surface area contributed by atoms with Gasteiger partial charge >= 0.3 is 0 Å². The highest BCUT2D eigenvalue weighted by Gasteiger charge is 2.19. The highest BCUT2D eigenvalue weighted by molar-refractivity contribution is 6.42. The van der Waals surface area contributed by atoms with Crippen molar-refractivity contribution in [1.82, 2.24) is 10.2 Å². The van der Waals surface area contributed by atoms with Crippen LogP contribution in [-0.4, -0.2) is 31.1 Å². The molecule has 0 radical (unpaired) electrons. The molecule has 0 aromatic heterocycles. The van der Waals surface area contributed by atoms with E-state index in [-0.39, 0.29) is 0 Å². The fourth-order valence-corrected chi connectivity index (χ4v) is 2.73. The second-order valence-corrected chi connectivity index (χ2v) is 5.36. The van der Waals surface area contributed by atoms with Gasteiger partial charge in [-0.3, -0.25) is 4.90 Å². The summed E-state index contributed by atoms with van der Waals surface area (Å²) in [6.07, 6.45) is 2.50. The summed E-state index contributed by atoms with van der Waals surface area (Å²) in [6, 6.07) is 6.45. The highest BCUT2D eigenvalue weighted by atomic mass is 35.5. The summed E-state index contributed by atoms with van der Waals surface area (Å²) in [4.78, 5) is 2.43. The first kappa shape index (κ1) is 13.2. The minimum Gasteiger partial charge on any atom is -0.316 e. The first-order chi connectivity index (χ1) is 8.20. The van der Waals surface area contributed by atoms with Crippen molar-refractivity contribution in [3.8, 4) is 0 Å². The predicted molar refractivity (Wildman–Crippen MR) is 73.8 cm³/mol. The highest BCUT2D eigenvalue weighted by Crippen LogP contribution is 2.27. The fourth-order valence-electron chi connectivity index (χ4n) is 2.35. The van der Waals surface area contributed by atoms with Crippen LogP contribution >= 0.6 is 23.2 Å². The number of nitrogens with zero attached hydrogens (tertiary/aromatic N) is 1. The Morgan fingerprint density at radius 2 is 2.24 bits per heavy atom. The van der Waals surface area contributed by atoms with Crippen LogP contribution in [0.3, 0.4) is 0 Å². The molecule has 1 aromatic rings. The topological polar surface area (TPSA) is 15.3 Å². The van der Waals surface area contributed by atoms with Gasteiger partial charge in [-0.15, -0.1) is 0 Å². The lowest BCUT2D eigenvalue weighted by Gasteiger charge is -2.32. The zero-order valence-electron chi connectivity index (χ0n) is 10.0. The Labute approximate surface area is 113 Å². The van der Waals surface area contributed by atoms with E-state index < -0.39 is 0 Å². The van der Waals surface area contributed by atoms with Crippen LogP contribution in [0.15, 0.2) is 18.2 Å². The molecule has 1 heterocycles. The van der Waals surface area contributed by atoms with Gasteiger partial charge in [0, 0.05) is 19.1 Å². The molecule has 1 N–H and O–H groups in total. The lowest BCUT2D eigenvalue weighted by atomic mass is 10.1. The molecule has 0 saturated carbocycles. The second kappa shape index (κ2) is 6.05. The molecule has 1 unspecified atom stereocenters. The average Bonchev–Trinajstić information content (AvgIpc) is 2.35. The largest absolute Gasteiger partial charge is 0.316 e. The number of likely N-dealkylation sites (N-methyl/N-ethyl adjacent to an activating group) is 1. The summed E-state index contributed by atoms with van der Waals surface area (Å²) < 4.78 is 0. The number of halogens is 2. The maximum atomic E-state index is 6.21. The summed E-state index contributed by atoms with van der Waals surface area (Å²) in [5, 5.41) is 4.68. The molecule has 2 rings (SSSR count). The molecule has 1 aromatic carbocycles. The fraction of sp³-hybridized carbons (Fsp3) is 0.538. The molecule has 17 heavy (non-hydrogen) atoms. The third kappa shape index (κ3) is 3.35. The average molecular weight is 273 g/mol. The molecule has 1 aliphatic rings. The van der Waals surface area contributed by atoms with Crippen molar-refractivity contribution in [2.24, 2.45) is 0 Å². The van der Waals surface area contributed by atoms with Crippen molar-refractivity contribution in [1.29, 1.82) is 0 Å². The Morgan fingerprint density at radius 3 is 3.00 bits per heavy atom. The van der Waals surface area contributed by atoms with Gasteiger partial charge in [-0.2, -0.15) is 0 Å². The number of benzene rings is 1. The van der Waals surface area contributed by atoms with E-state index in [2.05, 4.69) is 16.3 Å². The first-order valence-corrected chi connectivity index (χ1v) is 6.79. The minimum atomic E-state index is 0.599. The molecule has 0 spiro atoms. The van der Waals surface area contributed by atoms with Crippen LogP contribution in [0.5, 0.6) is 0 Å². The Morgan fingerprint density at radius 1 is 1.41 bits per heavy atom. The molecule has 4 heteroatoms. The van der Waals surface area contributed by atoms with Crippen LogP contribution in [-0.2, 0) is 6.54 Å². The van der Waals surface area contributed by atoms with Crippen LogP contribution in [0, 0.1) is 0 Å². The number of likely N-dealkylation sites (tertiary alicyclic amines) is 1. The van der Waals surface area contributed by atoms with Gasteiger partial charge < -0.3 is 5.32 Å². The van der Waals surface area contributed by atoms with Gasteiger partial charge in [-0.1, -0.05) is 35.3 Å². The van der Waals surface area contributed by atoms with E-state index in [1.807, 2.05) is 19.2 Å². The van der Waals surface area contributed by atoms with Crippen LogP contribution in [0.25, 0.3) is 0 Å². The quantitative estimate of drug-likeness (QED) is 0.910. The summed E-state index contributed by atoms with van der Waals surface area (Å²) in [7, 11) is 2.03. The maximum Gasteiger partial charge on any atom is 0.0637 e. The molecule has 1 aliphatic heterocycles. The van der Waals surface area contributed by atoms with Crippen molar-refractivity contribution in [3.05, 3.63) is 33.8 Å². The van der Waals surface area contributed by atoms with Gasteiger partial charge in [0.15, 0.2) is 0 Å². The minimum absolute atomic E-state index is 0.599. The third-order valence-electron chi connectivity index (χ3n) is 3.34. The zero-order valence-corrected chi connectivity index (χ0v) is 11.6. The molecule has 94 valence electrons. The maximum absolute atomic E-state index is 6.21. The third-order valence-corrected chi connectivity index (χ3v) is 4.20. The molecular weight excluding hydrogens is 255 g/mol. The Kier molecular flexibility index (Phi) is 4.69. The molecule has 2 nitrogen and oxygen atoms in total. The molecule has 0 amide bonds. The summed E-state index contributed by atoms with van der Waals surface area (Å²) >= 11 is 12.2. The van der Waals surface area contributed by atoms with Crippen LogP contribution in [0.2, 0.25) is 10.0 Å². The van der Waals surface area contributed by atoms with Crippen molar-refractivity contribution in [3.63, 3.8) is 0 Å². The van der Waals surface area contributed by atoms with Crippen LogP contribution < -0.4 is 5.32 Å². The van der Waals surface area contributed by atoms with Gasteiger partial charge in [0.1, 0.15) is 0 Å². The van der Waals surface area contributed by atoms with Gasteiger partial charge in [0.2, 0.25) is 0 Å². The van der Waals surface area contributed by atoms with Crippen molar-refractivity contribution in [2.75, 3.05) is 20.1 Å². The number of rotatable bonds is 3. The summed E-state index contributed by atoms with van der Waals surface area (Å²) in [5.74, 6) is 0. The molecule has 1 atom stereocenters. The van der Waals surface area contributed by atoms with Gasteiger partial charge in [0.05, 0.1) is 10.0 Å². The van der Waals surface area contributed by atoms with Crippen molar-refractivity contribution < 1.29 is 0 Å². The van der Waals surface area contributed by atoms with E-state index >= 15 is 0 Å². The van der Waals surface area contributed by atoms with Gasteiger partial charge in [-0.25, -0.2) is 0 Å². The Bertz CT molecular complexity index is 382. The van der Waals surface area contributed by atoms with Crippen LogP contribution in [0.1, 0.15) is 18.4 Å². The lowest BCUT2D eigenvalue weighted by molar-refractivity contribution is 0.188. The Balaban J connectivity index is 2.02. The van der Waals surface area contributed by atoms with E-state index in [0.29, 0.717) is 16.1 Å². The van der Waals surface area contributed by atoms with Crippen molar-refractivity contribution in [2.45, 2.75) is 25.4 Å². The molecular formula is C13H18Cl2N2. The number of hydrogen-bond acceptors (Lipinski definition) is 2. The van der Waals surface area contributed by atoms with Crippen molar-refractivity contribution >= 4 is 23.2 Å². The Hall–Kier alpha value is -0.280. The zero-order chi connectivity index (χ0) is 12.3. The number of hydrogen-bond donors (Lipinski definition) is 1. The van der Waals surface area contributed by atoms with Gasteiger partial charge in [0.25, 0.3) is 0 Å². The molecule has 1 fully saturated rings. The van der Waals surface area contributed by atoms with E-state index in [9.17, 15) is 0 Å². The standard InChI is InChI=1S/C13H18Cl2N2/c1-16-11-5-3-7-17(9-11)8-10-4-2-6-12(14)13(10)15/h2,4,6,11,16H,3,5,7-9H2,1H3. The number of nitrogens with one attached hydrogen (secondary N) is 1. The van der Waals surface area contributed by atoms with E-state index in [0.717, 1.165) is 25.2 Å². The predicted octanol–water partition coefficient (Wildman–Crippen LogP) is 3.18. The van der Waals surface area contributed by atoms with Gasteiger partial charge in [-0.05, 0) is 38.1 Å². The normalized spacial score (nSPS) is 21.7. The smallest absolute Gasteiger partial charge is 0.0637 e. The van der Waals surface area contributed by atoms with Crippen LogP contribution in [0.4, 0.5) is 0 Å². The SMILES string of the molecule is CNC1CCCN(Cc2cccc(Cl)c2Cl)C1. The second-order valence-electron chi connectivity index (χ2n) is 4.58. The first-order valence-electron chi connectivity index (χ1n) is 6.03. The van der Waals surface area contributed by atoms with E-state index in [1.54, 1.807) is 0 Å². The number of piperidine rings is 1. The monoisotopic (exact) mass is 272 g/mol.